The monoisotopic (exact) mass is 335 g/mol. The fraction of sp³-hybridized carbons (Fsp3) is 0.250. The third-order valence-corrected chi connectivity index (χ3v) is 3.55. The van der Waals surface area contributed by atoms with Gasteiger partial charge in [0.15, 0.2) is 0 Å². The molecule has 1 aromatic carbocycles. The standard InChI is InChI=1S/C16H17N3O3.ClH/c20-15(11-6-8-22-10-11)18-12-3-1-4-13(9-12)19-16(21)14-5-2-7-17-14;/h1,3-4,6,8-10,14,17H,2,5,7H2,(H,18,20)(H,19,21);1H. The van der Waals surface area contributed by atoms with Gasteiger partial charge < -0.3 is 20.4 Å². The first-order valence-electron chi connectivity index (χ1n) is 7.20. The molecule has 0 bridgehead atoms. The van der Waals surface area contributed by atoms with Crippen molar-refractivity contribution in [3.8, 4) is 0 Å². The molecule has 23 heavy (non-hydrogen) atoms. The highest BCUT2D eigenvalue weighted by molar-refractivity contribution is 6.04. The Labute approximate surface area is 140 Å². The second kappa shape index (κ2) is 7.80. The van der Waals surface area contributed by atoms with Crippen LogP contribution in [0.15, 0.2) is 47.3 Å². The number of carbonyl (C=O) groups excluding carboxylic acids is 2. The first-order chi connectivity index (χ1) is 10.7. The van der Waals surface area contributed by atoms with Crippen LogP contribution in [0.25, 0.3) is 0 Å². The number of hydrogen-bond acceptors (Lipinski definition) is 4. The number of halogens is 1. The maximum Gasteiger partial charge on any atom is 0.258 e. The van der Waals surface area contributed by atoms with E-state index in [1.807, 2.05) is 0 Å². The molecule has 3 rings (SSSR count). The van der Waals surface area contributed by atoms with E-state index in [0.29, 0.717) is 16.9 Å². The molecule has 122 valence electrons. The summed E-state index contributed by atoms with van der Waals surface area (Å²) in [6, 6.07) is 8.52. The van der Waals surface area contributed by atoms with Crippen molar-refractivity contribution in [1.29, 1.82) is 0 Å². The highest BCUT2D eigenvalue weighted by atomic mass is 35.5. The van der Waals surface area contributed by atoms with Gasteiger partial charge in [-0.05, 0) is 43.7 Å². The summed E-state index contributed by atoms with van der Waals surface area (Å²) < 4.78 is 4.88. The summed E-state index contributed by atoms with van der Waals surface area (Å²) in [5.41, 5.74) is 1.72. The molecule has 0 radical (unpaired) electrons. The van der Waals surface area contributed by atoms with Crippen molar-refractivity contribution in [1.82, 2.24) is 5.32 Å². The van der Waals surface area contributed by atoms with Gasteiger partial charge in [-0.1, -0.05) is 6.07 Å². The van der Waals surface area contributed by atoms with E-state index in [-0.39, 0.29) is 30.3 Å². The Morgan fingerprint density at radius 1 is 1.17 bits per heavy atom. The van der Waals surface area contributed by atoms with Gasteiger partial charge >= 0.3 is 0 Å². The van der Waals surface area contributed by atoms with Gasteiger partial charge in [-0.2, -0.15) is 0 Å². The lowest BCUT2D eigenvalue weighted by Crippen LogP contribution is -2.35. The summed E-state index contributed by atoms with van der Waals surface area (Å²) in [6.07, 6.45) is 4.69. The molecule has 0 aliphatic carbocycles. The summed E-state index contributed by atoms with van der Waals surface area (Å²) >= 11 is 0. The zero-order valence-electron chi connectivity index (χ0n) is 12.4. The third kappa shape index (κ3) is 4.34. The molecule has 6 nitrogen and oxygen atoms in total. The quantitative estimate of drug-likeness (QED) is 0.802. The number of benzene rings is 1. The normalized spacial score (nSPS) is 16.4. The molecule has 1 saturated heterocycles. The smallest absolute Gasteiger partial charge is 0.258 e. The van der Waals surface area contributed by atoms with Crippen LogP contribution in [0.4, 0.5) is 11.4 Å². The maximum absolute atomic E-state index is 12.1. The molecule has 7 heteroatoms. The summed E-state index contributed by atoms with van der Waals surface area (Å²) in [5.74, 6) is -0.300. The molecule has 1 aliphatic heterocycles. The summed E-state index contributed by atoms with van der Waals surface area (Å²) in [6.45, 7) is 0.874. The first-order valence-corrected chi connectivity index (χ1v) is 7.20. The molecule has 0 spiro atoms. The number of hydrogen-bond donors (Lipinski definition) is 3. The fourth-order valence-electron chi connectivity index (χ4n) is 2.41. The highest BCUT2D eigenvalue weighted by Gasteiger charge is 2.21. The van der Waals surface area contributed by atoms with Crippen LogP contribution in [0, 0.1) is 0 Å². The number of amides is 2. The summed E-state index contributed by atoms with van der Waals surface area (Å²) in [5, 5.41) is 8.77. The average molecular weight is 336 g/mol. The lowest BCUT2D eigenvalue weighted by atomic mass is 10.2. The Balaban J connectivity index is 0.00000192. The molecule has 1 aromatic heterocycles. The first kappa shape index (κ1) is 17.1. The third-order valence-electron chi connectivity index (χ3n) is 3.55. The molecule has 0 saturated carbocycles. The Morgan fingerprint density at radius 3 is 2.61 bits per heavy atom. The molecule has 2 heterocycles. The minimum absolute atomic E-state index is 0. The van der Waals surface area contributed by atoms with E-state index >= 15 is 0 Å². The Kier molecular flexibility index (Phi) is 5.78. The van der Waals surface area contributed by atoms with E-state index in [0.717, 1.165) is 19.4 Å². The van der Waals surface area contributed by atoms with E-state index in [2.05, 4.69) is 16.0 Å². The lowest BCUT2D eigenvalue weighted by molar-refractivity contribution is -0.117. The van der Waals surface area contributed by atoms with E-state index in [9.17, 15) is 9.59 Å². The molecule has 1 aliphatic rings. The Hall–Kier alpha value is -2.31. The zero-order valence-corrected chi connectivity index (χ0v) is 13.2. The molecule has 1 unspecified atom stereocenters. The molecule has 2 amide bonds. The Bertz CT molecular complexity index is 667. The fourth-order valence-corrected chi connectivity index (χ4v) is 2.41. The van der Waals surface area contributed by atoms with Crippen LogP contribution in [0.2, 0.25) is 0 Å². The van der Waals surface area contributed by atoms with Gasteiger partial charge in [0.05, 0.1) is 17.9 Å². The SMILES string of the molecule is Cl.O=C(Nc1cccc(NC(=O)C2CCCN2)c1)c1ccoc1. The number of rotatable bonds is 4. The van der Waals surface area contributed by atoms with Gasteiger partial charge in [0, 0.05) is 11.4 Å². The predicted molar refractivity (Wildman–Crippen MR) is 90.0 cm³/mol. The van der Waals surface area contributed by atoms with Crippen molar-refractivity contribution < 1.29 is 14.0 Å². The van der Waals surface area contributed by atoms with E-state index in [1.165, 1.54) is 12.5 Å². The van der Waals surface area contributed by atoms with Crippen LogP contribution in [-0.4, -0.2) is 24.4 Å². The van der Waals surface area contributed by atoms with Crippen LogP contribution in [0.5, 0.6) is 0 Å². The average Bonchev–Trinajstić information content (AvgIpc) is 3.21. The van der Waals surface area contributed by atoms with Gasteiger partial charge in [0.2, 0.25) is 5.91 Å². The van der Waals surface area contributed by atoms with E-state index < -0.39 is 0 Å². The second-order valence-electron chi connectivity index (χ2n) is 5.19. The van der Waals surface area contributed by atoms with Crippen molar-refractivity contribution >= 4 is 35.6 Å². The molecule has 2 aromatic rings. The van der Waals surface area contributed by atoms with Crippen LogP contribution in [0.1, 0.15) is 23.2 Å². The van der Waals surface area contributed by atoms with Crippen molar-refractivity contribution in [2.45, 2.75) is 18.9 Å². The van der Waals surface area contributed by atoms with E-state index in [4.69, 9.17) is 4.42 Å². The van der Waals surface area contributed by atoms with Gasteiger partial charge in [-0.15, -0.1) is 12.4 Å². The van der Waals surface area contributed by atoms with Crippen LogP contribution < -0.4 is 16.0 Å². The number of anilines is 2. The molecule has 1 atom stereocenters. The van der Waals surface area contributed by atoms with Crippen molar-refractivity contribution in [3.05, 3.63) is 48.4 Å². The highest BCUT2D eigenvalue weighted by Crippen LogP contribution is 2.17. The largest absolute Gasteiger partial charge is 0.472 e. The topological polar surface area (TPSA) is 83.4 Å². The minimum Gasteiger partial charge on any atom is -0.472 e. The van der Waals surface area contributed by atoms with Gasteiger partial charge in [0.25, 0.3) is 5.91 Å². The number of nitrogens with one attached hydrogen (secondary N) is 3. The minimum atomic E-state index is -0.255. The van der Waals surface area contributed by atoms with Gasteiger partial charge in [-0.3, -0.25) is 9.59 Å². The van der Waals surface area contributed by atoms with Gasteiger partial charge in [-0.25, -0.2) is 0 Å². The summed E-state index contributed by atoms with van der Waals surface area (Å²) in [7, 11) is 0. The van der Waals surface area contributed by atoms with E-state index in [1.54, 1.807) is 30.3 Å². The van der Waals surface area contributed by atoms with Crippen molar-refractivity contribution in [3.63, 3.8) is 0 Å². The van der Waals surface area contributed by atoms with Crippen molar-refractivity contribution in [2.75, 3.05) is 17.2 Å². The number of carbonyl (C=O) groups is 2. The Morgan fingerprint density at radius 2 is 1.96 bits per heavy atom. The van der Waals surface area contributed by atoms with Crippen LogP contribution in [0.3, 0.4) is 0 Å². The van der Waals surface area contributed by atoms with Gasteiger partial charge in [0.1, 0.15) is 6.26 Å². The summed E-state index contributed by atoms with van der Waals surface area (Å²) in [4.78, 5) is 24.0. The zero-order chi connectivity index (χ0) is 15.4. The van der Waals surface area contributed by atoms with Crippen LogP contribution in [-0.2, 0) is 4.79 Å². The lowest BCUT2D eigenvalue weighted by Gasteiger charge is -2.12. The molecular weight excluding hydrogens is 318 g/mol. The molecule has 3 N–H and O–H groups in total. The van der Waals surface area contributed by atoms with Crippen LogP contribution >= 0.6 is 12.4 Å². The molecular formula is C16H18ClN3O3. The predicted octanol–water partition coefficient (Wildman–Crippen LogP) is 2.64. The maximum atomic E-state index is 12.1. The van der Waals surface area contributed by atoms with Crippen molar-refractivity contribution in [2.24, 2.45) is 0 Å². The second-order valence-corrected chi connectivity index (χ2v) is 5.19. The number of furan rings is 1. The molecule has 1 fully saturated rings.